The van der Waals surface area contributed by atoms with E-state index in [0.717, 1.165) is 59.9 Å². The minimum atomic E-state index is -0.137. The van der Waals surface area contributed by atoms with Gasteiger partial charge in [-0.25, -0.2) is 19.9 Å². The van der Waals surface area contributed by atoms with Crippen molar-refractivity contribution in [2.75, 3.05) is 24.6 Å². The van der Waals surface area contributed by atoms with Crippen molar-refractivity contribution >= 4 is 22.8 Å². The van der Waals surface area contributed by atoms with Crippen LogP contribution in [0.1, 0.15) is 44.1 Å². The molecule has 4 rings (SSSR count). The van der Waals surface area contributed by atoms with Gasteiger partial charge in [-0.2, -0.15) is 0 Å². The highest BCUT2D eigenvalue weighted by molar-refractivity contribution is 5.83. The Bertz CT molecular complexity index is 1050. The molecule has 1 N–H and O–H groups in total. The molecule has 8 nitrogen and oxygen atoms in total. The first-order chi connectivity index (χ1) is 15.0. The molecule has 1 atom stereocenters. The molecule has 0 spiro atoms. The number of amides is 1. The molecule has 0 saturated carbocycles. The van der Waals surface area contributed by atoms with Gasteiger partial charge in [0.25, 0.3) is 0 Å². The molecule has 3 heterocycles. The normalized spacial score (nSPS) is 15.6. The van der Waals surface area contributed by atoms with E-state index in [1.807, 2.05) is 45.0 Å². The average molecular weight is 421 g/mol. The van der Waals surface area contributed by atoms with E-state index in [1.165, 1.54) is 6.33 Å². The van der Waals surface area contributed by atoms with Crippen molar-refractivity contribution < 1.29 is 9.53 Å². The molecule has 1 aromatic carbocycles. The molecular weight excluding hydrogens is 392 g/mol. The van der Waals surface area contributed by atoms with Crippen LogP contribution in [-0.4, -0.2) is 45.5 Å². The van der Waals surface area contributed by atoms with E-state index in [9.17, 15) is 4.79 Å². The van der Waals surface area contributed by atoms with E-state index in [1.54, 1.807) is 6.20 Å². The molecule has 1 fully saturated rings. The number of benzene rings is 1. The number of nitrogens with zero attached hydrogens (tertiary/aromatic N) is 5. The number of anilines is 1. The second kappa shape index (κ2) is 9.24. The molecule has 8 heteroatoms. The van der Waals surface area contributed by atoms with E-state index in [0.29, 0.717) is 6.61 Å². The summed E-state index contributed by atoms with van der Waals surface area (Å²) in [6.45, 7) is 8.04. The third-order valence-corrected chi connectivity index (χ3v) is 5.71. The Kier molecular flexibility index (Phi) is 6.25. The summed E-state index contributed by atoms with van der Waals surface area (Å²) in [5.41, 5.74) is 2.65. The molecule has 0 radical (unpaired) electrons. The van der Waals surface area contributed by atoms with Crippen molar-refractivity contribution in [1.82, 2.24) is 25.3 Å². The summed E-state index contributed by atoms with van der Waals surface area (Å²) in [4.78, 5) is 32.5. The van der Waals surface area contributed by atoms with Crippen LogP contribution in [0.5, 0.6) is 5.75 Å². The number of aryl methyl sites for hydroxylation is 1. The van der Waals surface area contributed by atoms with Gasteiger partial charge in [-0.05, 0) is 57.9 Å². The van der Waals surface area contributed by atoms with Gasteiger partial charge in [-0.3, -0.25) is 4.79 Å². The van der Waals surface area contributed by atoms with Gasteiger partial charge < -0.3 is 15.0 Å². The number of piperidine rings is 1. The zero-order chi connectivity index (χ0) is 21.8. The lowest BCUT2D eigenvalue weighted by Crippen LogP contribution is -2.42. The number of carbonyl (C=O) groups is 1. The van der Waals surface area contributed by atoms with Crippen molar-refractivity contribution in [3.8, 4) is 5.75 Å². The molecular formula is C23H28N6O2. The fraction of sp³-hybridized carbons (Fsp3) is 0.435. The zero-order valence-corrected chi connectivity index (χ0v) is 18.2. The predicted octanol–water partition coefficient (Wildman–Crippen LogP) is 3.22. The number of nitrogens with one attached hydrogen (secondary N) is 1. The Labute approximate surface area is 182 Å². The van der Waals surface area contributed by atoms with E-state index < -0.39 is 0 Å². The summed E-state index contributed by atoms with van der Waals surface area (Å²) >= 11 is 0. The number of fused-ring (bicyclic) bond motifs is 1. The number of aromatic nitrogens is 4. The monoisotopic (exact) mass is 420 g/mol. The minimum Gasteiger partial charge on any atom is -0.494 e. The molecule has 0 aliphatic carbocycles. The maximum absolute atomic E-state index is 12.7. The fourth-order valence-corrected chi connectivity index (χ4v) is 3.95. The smallest absolute Gasteiger partial charge is 0.226 e. The van der Waals surface area contributed by atoms with Crippen molar-refractivity contribution in [3.63, 3.8) is 0 Å². The highest BCUT2D eigenvalue weighted by Gasteiger charge is 2.27. The van der Waals surface area contributed by atoms with Crippen molar-refractivity contribution in [2.45, 2.75) is 39.7 Å². The lowest BCUT2D eigenvalue weighted by Gasteiger charge is -2.32. The minimum absolute atomic E-state index is 0.0177. The first-order valence-electron chi connectivity index (χ1n) is 10.8. The lowest BCUT2D eigenvalue weighted by molar-refractivity contribution is -0.126. The summed E-state index contributed by atoms with van der Waals surface area (Å²) < 4.78 is 5.59. The topological polar surface area (TPSA) is 93.1 Å². The zero-order valence-electron chi connectivity index (χ0n) is 18.2. The molecule has 0 bridgehead atoms. The SMILES string of the molecule is CCOc1ccc2nc(N3CCC(C(=O)N[C@@H](C)c4ccncn4)CC3)nc(C)c2c1. The van der Waals surface area contributed by atoms with Gasteiger partial charge in [0.15, 0.2) is 0 Å². The number of hydrogen-bond acceptors (Lipinski definition) is 7. The molecule has 3 aromatic rings. The lowest BCUT2D eigenvalue weighted by atomic mass is 9.95. The summed E-state index contributed by atoms with van der Waals surface area (Å²) in [6.07, 6.45) is 4.73. The number of ether oxygens (including phenoxy) is 1. The van der Waals surface area contributed by atoms with Crippen LogP contribution < -0.4 is 15.0 Å². The van der Waals surface area contributed by atoms with E-state index in [4.69, 9.17) is 14.7 Å². The van der Waals surface area contributed by atoms with Gasteiger partial charge >= 0.3 is 0 Å². The average Bonchev–Trinajstić information content (AvgIpc) is 2.80. The predicted molar refractivity (Wildman–Crippen MR) is 119 cm³/mol. The molecule has 162 valence electrons. The highest BCUT2D eigenvalue weighted by Crippen LogP contribution is 2.27. The Hall–Kier alpha value is -3.29. The van der Waals surface area contributed by atoms with Gasteiger partial charge in [-0.1, -0.05) is 0 Å². The van der Waals surface area contributed by atoms with Crippen LogP contribution in [0.3, 0.4) is 0 Å². The van der Waals surface area contributed by atoms with E-state index >= 15 is 0 Å². The third-order valence-electron chi connectivity index (χ3n) is 5.71. The first kappa shape index (κ1) is 21.0. The van der Waals surface area contributed by atoms with Gasteiger partial charge in [0.05, 0.1) is 29.6 Å². The Morgan fingerprint density at radius 2 is 2.06 bits per heavy atom. The second-order valence-electron chi connectivity index (χ2n) is 7.85. The molecule has 1 amide bonds. The van der Waals surface area contributed by atoms with E-state index in [-0.39, 0.29) is 17.9 Å². The van der Waals surface area contributed by atoms with Crippen LogP contribution in [0.4, 0.5) is 5.95 Å². The fourth-order valence-electron chi connectivity index (χ4n) is 3.95. The maximum Gasteiger partial charge on any atom is 0.226 e. The van der Waals surface area contributed by atoms with Gasteiger partial charge in [0.1, 0.15) is 12.1 Å². The van der Waals surface area contributed by atoms with Crippen LogP contribution in [0, 0.1) is 12.8 Å². The number of hydrogen-bond donors (Lipinski definition) is 1. The van der Waals surface area contributed by atoms with Crippen LogP contribution in [0.2, 0.25) is 0 Å². The van der Waals surface area contributed by atoms with Crippen LogP contribution in [0.25, 0.3) is 10.9 Å². The first-order valence-corrected chi connectivity index (χ1v) is 10.8. The largest absolute Gasteiger partial charge is 0.494 e. The maximum atomic E-state index is 12.7. The molecule has 0 unspecified atom stereocenters. The standard InChI is InChI=1S/C23H28N6O2/c1-4-31-18-5-6-21-19(13-18)15(2)27-23(28-21)29-11-8-17(9-12-29)22(30)26-16(3)20-7-10-24-14-25-20/h5-7,10,13-14,16-17H,4,8-9,11-12H2,1-3H3,(H,26,30)/t16-/m0/s1. The van der Waals surface area contributed by atoms with Crippen molar-refractivity contribution in [2.24, 2.45) is 5.92 Å². The summed E-state index contributed by atoms with van der Waals surface area (Å²) in [5, 5.41) is 4.08. The number of rotatable bonds is 6. The highest BCUT2D eigenvalue weighted by atomic mass is 16.5. The Morgan fingerprint density at radius 3 is 2.77 bits per heavy atom. The molecule has 1 saturated heterocycles. The Morgan fingerprint density at radius 1 is 1.26 bits per heavy atom. The quantitative estimate of drug-likeness (QED) is 0.654. The third kappa shape index (κ3) is 4.73. The van der Waals surface area contributed by atoms with Crippen LogP contribution >= 0.6 is 0 Å². The van der Waals surface area contributed by atoms with Gasteiger partial charge in [-0.15, -0.1) is 0 Å². The second-order valence-corrected chi connectivity index (χ2v) is 7.85. The molecule has 31 heavy (non-hydrogen) atoms. The summed E-state index contributed by atoms with van der Waals surface area (Å²) in [7, 11) is 0. The molecule has 2 aromatic heterocycles. The van der Waals surface area contributed by atoms with E-state index in [2.05, 4.69) is 20.2 Å². The summed E-state index contributed by atoms with van der Waals surface area (Å²) in [6, 6.07) is 7.60. The number of carbonyl (C=O) groups excluding carboxylic acids is 1. The van der Waals surface area contributed by atoms with Crippen LogP contribution in [-0.2, 0) is 4.79 Å². The Balaban J connectivity index is 1.39. The van der Waals surface area contributed by atoms with Crippen LogP contribution in [0.15, 0.2) is 36.8 Å². The van der Waals surface area contributed by atoms with Gasteiger partial charge in [0.2, 0.25) is 11.9 Å². The van der Waals surface area contributed by atoms with Crippen molar-refractivity contribution in [1.29, 1.82) is 0 Å². The molecule has 1 aliphatic heterocycles. The van der Waals surface area contributed by atoms with Crippen molar-refractivity contribution in [3.05, 3.63) is 48.2 Å². The summed E-state index contributed by atoms with van der Waals surface area (Å²) in [5.74, 6) is 1.61. The van der Waals surface area contributed by atoms with Gasteiger partial charge in [0, 0.05) is 30.6 Å². The molecule has 1 aliphatic rings.